The molecule has 2 heterocycles. The molecule has 1 aromatic rings. The van der Waals surface area contributed by atoms with E-state index >= 15 is 0 Å². The Bertz CT molecular complexity index is 864. The molecule has 2 aliphatic heterocycles. The third-order valence-corrected chi connectivity index (χ3v) is 5.64. The van der Waals surface area contributed by atoms with Crippen molar-refractivity contribution in [2.24, 2.45) is 4.99 Å². The lowest BCUT2D eigenvalue weighted by atomic mass is 9.94. The van der Waals surface area contributed by atoms with Gasteiger partial charge in [0.2, 0.25) is 5.91 Å². The van der Waals surface area contributed by atoms with Crippen LogP contribution < -0.4 is 0 Å². The van der Waals surface area contributed by atoms with Crippen LogP contribution in [0.1, 0.15) is 31.9 Å². The van der Waals surface area contributed by atoms with Crippen LogP contribution in [0.15, 0.2) is 40.5 Å². The smallest absolute Gasteiger partial charge is 0.338 e. The lowest BCUT2D eigenvalue weighted by molar-refractivity contribution is -0.384. The molecular weight excluding hydrogens is 358 g/mol. The summed E-state index contributed by atoms with van der Waals surface area (Å²) in [5.41, 5.74) is 1.01. The summed E-state index contributed by atoms with van der Waals surface area (Å²) in [4.78, 5) is 41.8. The highest BCUT2D eigenvalue weighted by atomic mass is 32.2. The van der Waals surface area contributed by atoms with E-state index in [9.17, 15) is 19.7 Å². The number of esters is 1. The van der Waals surface area contributed by atoms with Crippen molar-refractivity contribution in [1.82, 2.24) is 4.90 Å². The van der Waals surface area contributed by atoms with Crippen LogP contribution in [0.3, 0.4) is 0 Å². The van der Waals surface area contributed by atoms with Crippen molar-refractivity contribution in [1.29, 1.82) is 0 Å². The van der Waals surface area contributed by atoms with Gasteiger partial charge in [-0.1, -0.05) is 30.8 Å². The number of nitro groups is 1. The minimum absolute atomic E-state index is 0.111. The number of non-ortho nitro benzene ring substituents is 1. The van der Waals surface area contributed by atoms with Crippen LogP contribution in [-0.4, -0.2) is 39.2 Å². The Balaban J connectivity index is 2.18. The van der Waals surface area contributed by atoms with Crippen LogP contribution >= 0.6 is 11.8 Å². The van der Waals surface area contributed by atoms with Crippen molar-refractivity contribution in [2.45, 2.75) is 31.6 Å². The number of fused-ring (bicyclic) bond motifs is 1. The Morgan fingerprint density at radius 3 is 2.81 bits per heavy atom. The van der Waals surface area contributed by atoms with Gasteiger partial charge < -0.3 is 4.74 Å². The molecular formula is C17H17N3O5S. The van der Waals surface area contributed by atoms with Crippen LogP contribution in [0.2, 0.25) is 0 Å². The zero-order valence-electron chi connectivity index (χ0n) is 14.5. The first-order valence-electron chi connectivity index (χ1n) is 8.00. The van der Waals surface area contributed by atoms with E-state index < -0.39 is 16.9 Å². The molecule has 0 saturated carbocycles. The molecule has 0 unspecified atom stereocenters. The minimum atomic E-state index is -0.800. The zero-order chi connectivity index (χ0) is 19.0. The lowest BCUT2D eigenvalue weighted by Crippen LogP contribution is -2.40. The predicted octanol–water partition coefficient (Wildman–Crippen LogP) is 2.81. The van der Waals surface area contributed by atoms with Crippen molar-refractivity contribution in [3.8, 4) is 0 Å². The van der Waals surface area contributed by atoms with Crippen molar-refractivity contribution in [3.63, 3.8) is 0 Å². The van der Waals surface area contributed by atoms with E-state index in [1.54, 1.807) is 13.0 Å². The van der Waals surface area contributed by atoms with Crippen LogP contribution in [-0.2, 0) is 14.3 Å². The number of nitro benzene ring substituents is 1. The summed E-state index contributed by atoms with van der Waals surface area (Å²) in [6.45, 7) is 3.57. The first-order valence-corrected chi connectivity index (χ1v) is 8.88. The molecule has 1 aromatic carbocycles. The topological polar surface area (TPSA) is 102 Å². The van der Waals surface area contributed by atoms with Gasteiger partial charge in [0.15, 0.2) is 5.17 Å². The number of thioether (sulfide) groups is 1. The average molecular weight is 375 g/mol. The number of allylic oxidation sites excluding steroid dienone is 1. The van der Waals surface area contributed by atoms with Crippen molar-refractivity contribution >= 4 is 34.5 Å². The van der Waals surface area contributed by atoms with Gasteiger partial charge in [-0.2, -0.15) is 0 Å². The molecule has 0 aliphatic carbocycles. The lowest BCUT2D eigenvalue weighted by Gasteiger charge is -2.32. The molecule has 1 fully saturated rings. The monoisotopic (exact) mass is 375 g/mol. The molecule has 1 saturated heterocycles. The molecule has 2 aliphatic rings. The number of amides is 1. The second-order valence-electron chi connectivity index (χ2n) is 5.86. The Labute approximate surface area is 154 Å². The summed E-state index contributed by atoms with van der Waals surface area (Å²) < 4.78 is 4.88. The van der Waals surface area contributed by atoms with Gasteiger partial charge in [0.25, 0.3) is 5.69 Å². The number of rotatable bonds is 4. The van der Waals surface area contributed by atoms with E-state index in [4.69, 9.17) is 4.74 Å². The Morgan fingerprint density at radius 2 is 2.19 bits per heavy atom. The minimum Gasteiger partial charge on any atom is -0.466 e. The number of methoxy groups -OCH3 is 1. The van der Waals surface area contributed by atoms with E-state index in [1.807, 2.05) is 6.92 Å². The van der Waals surface area contributed by atoms with Gasteiger partial charge in [0.1, 0.15) is 0 Å². The maximum Gasteiger partial charge on any atom is 0.338 e. The van der Waals surface area contributed by atoms with Crippen LogP contribution in [0.4, 0.5) is 5.69 Å². The zero-order valence-corrected chi connectivity index (χ0v) is 15.3. The summed E-state index contributed by atoms with van der Waals surface area (Å²) >= 11 is 1.34. The highest BCUT2D eigenvalue weighted by molar-refractivity contribution is 8.15. The van der Waals surface area contributed by atoms with Gasteiger partial charge in [-0.15, -0.1) is 0 Å². The molecule has 3 rings (SSSR count). The third kappa shape index (κ3) is 2.88. The second-order valence-corrected chi connectivity index (χ2v) is 7.03. The molecule has 0 aromatic heterocycles. The fourth-order valence-electron chi connectivity index (χ4n) is 3.08. The SMILES string of the molecule is CC[C@@H]1SC2=NC(C)=C(C(=O)OC)[C@@H](c3cccc([N+](=O)[O-])c3)N2C1=O. The van der Waals surface area contributed by atoms with Crippen LogP contribution in [0.25, 0.3) is 0 Å². The number of amidine groups is 1. The Hall–Kier alpha value is -2.68. The summed E-state index contributed by atoms with van der Waals surface area (Å²) in [5, 5.41) is 11.4. The number of hydrogen-bond acceptors (Lipinski definition) is 7. The number of carbonyl (C=O) groups excluding carboxylic acids is 2. The molecule has 0 N–H and O–H groups in total. The number of benzene rings is 1. The second kappa shape index (κ2) is 6.91. The number of ether oxygens (including phenoxy) is 1. The van der Waals surface area contributed by atoms with Crippen molar-refractivity contribution < 1.29 is 19.2 Å². The maximum absolute atomic E-state index is 12.9. The molecule has 9 heteroatoms. The highest BCUT2D eigenvalue weighted by Gasteiger charge is 2.47. The van der Waals surface area contributed by atoms with Crippen molar-refractivity contribution in [3.05, 3.63) is 51.2 Å². The van der Waals surface area contributed by atoms with E-state index in [0.717, 1.165) is 0 Å². The summed E-state index contributed by atoms with van der Waals surface area (Å²) in [7, 11) is 1.25. The van der Waals surface area contributed by atoms with E-state index in [-0.39, 0.29) is 22.4 Å². The summed E-state index contributed by atoms with van der Waals surface area (Å²) in [5.74, 6) is -0.777. The van der Waals surface area contributed by atoms with Gasteiger partial charge in [-0.05, 0) is 18.9 Å². The molecule has 0 radical (unpaired) electrons. The Morgan fingerprint density at radius 1 is 1.46 bits per heavy atom. The van der Waals surface area contributed by atoms with Gasteiger partial charge in [-0.25, -0.2) is 9.79 Å². The number of hydrogen-bond donors (Lipinski definition) is 0. The fraction of sp³-hybridized carbons (Fsp3) is 0.353. The molecule has 1 amide bonds. The molecule has 8 nitrogen and oxygen atoms in total. The van der Waals surface area contributed by atoms with Gasteiger partial charge in [0, 0.05) is 12.1 Å². The average Bonchev–Trinajstić information content (AvgIpc) is 2.95. The normalized spacial score (nSPS) is 22.2. The van der Waals surface area contributed by atoms with Gasteiger partial charge >= 0.3 is 5.97 Å². The van der Waals surface area contributed by atoms with Crippen molar-refractivity contribution in [2.75, 3.05) is 7.11 Å². The first-order chi connectivity index (χ1) is 12.4. The van der Waals surface area contributed by atoms with Crippen LogP contribution in [0, 0.1) is 10.1 Å². The molecule has 0 spiro atoms. The highest BCUT2D eigenvalue weighted by Crippen LogP contribution is 2.44. The molecule has 26 heavy (non-hydrogen) atoms. The Kier molecular flexibility index (Phi) is 4.82. The van der Waals surface area contributed by atoms with E-state index in [2.05, 4.69) is 4.99 Å². The fourth-order valence-corrected chi connectivity index (χ4v) is 4.22. The first kappa shape index (κ1) is 18.1. The molecule has 0 bridgehead atoms. The third-order valence-electron chi connectivity index (χ3n) is 4.32. The summed E-state index contributed by atoms with van der Waals surface area (Å²) in [6.07, 6.45) is 0.618. The number of nitrogens with zero attached hydrogens (tertiary/aromatic N) is 3. The maximum atomic E-state index is 12.9. The van der Waals surface area contributed by atoms with Gasteiger partial charge in [0.05, 0.1) is 34.6 Å². The van der Waals surface area contributed by atoms with Crippen LogP contribution in [0.5, 0.6) is 0 Å². The quantitative estimate of drug-likeness (QED) is 0.455. The summed E-state index contributed by atoms with van der Waals surface area (Å²) in [6, 6.07) is 5.14. The molecule has 136 valence electrons. The number of carbonyl (C=O) groups is 2. The standard InChI is InChI=1S/C17H17N3O5S/c1-4-12-15(21)19-14(10-6-5-7-11(8-10)20(23)24)13(16(22)25-3)9(2)18-17(19)26-12/h5-8,12,14H,4H2,1-3H3/t12-,14+/m0/s1. The predicted molar refractivity (Wildman–Crippen MR) is 96.5 cm³/mol. The van der Waals surface area contributed by atoms with E-state index in [1.165, 1.54) is 42.0 Å². The number of aliphatic imine (C=N–C) groups is 1. The van der Waals surface area contributed by atoms with E-state index in [0.29, 0.717) is 22.8 Å². The molecule has 2 atom stereocenters. The van der Waals surface area contributed by atoms with Gasteiger partial charge in [-0.3, -0.25) is 19.8 Å². The largest absolute Gasteiger partial charge is 0.466 e.